The number of carbonyl (C=O) groups is 2. The Hall–Kier alpha value is -1.11. The van der Waals surface area contributed by atoms with E-state index in [2.05, 4.69) is 21.2 Å². The molecule has 5 nitrogen and oxygen atoms in total. The Kier molecular flexibility index (Phi) is 10.2. The van der Waals surface area contributed by atoms with Crippen LogP contribution in [0.4, 0.5) is 0 Å². The van der Waals surface area contributed by atoms with Gasteiger partial charge in [0.05, 0.1) is 18.2 Å². The number of benzene rings is 1. The Balaban J connectivity index is 0.00000529. The molecule has 0 atom stereocenters. The van der Waals surface area contributed by atoms with Gasteiger partial charge >= 0.3 is 0 Å². The van der Waals surface area contributed by atoms with Crippen LogP contribution in [0.15, 0.2) is 22.7 Å². The van der Waals surface area contributed by atoms with E-state index in [-0.39, 0.29) is 42.5 Å². The second-order valence-electron chi connectivity index (χ2n) is 5.51. The molecule has 0 aliphatic rings. The molecule has 0 fully saturated rings. The van der Waals surface area contributed by atoms with Crippen LogP contribution in [0.3, 0.4) is 0 Å². The second kappa shape index (κ2) is 10.7. The standard InChI is InChI=1S/C17H25BrN2O3.ClH/c1-4-17(5-2,11-19)20-16(22)9-7-14(21)13-10-12(18)6-8-15(13)23-3;/h6,8,10H,4-5,7,9,11,19H2,1-3H3,(H,20,22);1H. The Bertz CT molecular complexity index is 555. The van der Waals surface area contributed by atoms with Crippen LogP contribution in [0.2, 0.25) is 0 Å². The van der Waals surface area contributed by atoms with Gasteiger partial charge in [0.15, 0.2) is 5.78 Å². The zero-order valence-corrected chi connectivity index (χ0v) is 16.8. The molecule has 1 rings (SSSR count). The van der Waals surface area contributed by atoms with Crippen LogP contribution in [-0.4, -0.2) is 30.9 Å². The highest BCUT2D eigenvalue weighted by molar-refractivity contribution is 9.10. The van der Waals surface area contributed by atoms with Gasteiger partial charge in [-0.2, -0.15) is 0 Å². The summed E-state index contributed by atoms with van der Waals surface area (Å²) in [6.45, 7) is 4.38. The minimum absolute atomic E-state index is 0. The number of ether oxygens (including phenoxy) is 1. The second-order valence-corrected chi connectivity index (χ2v) is 6.42. The number of nitrogens with one attached hydrogen (secondary N) is 1. The summed E-state index contributed by atoms with van der Waals surface area (Å²) >= 11 is 3.34. The third kappa shape index (κ3) is 6.07. The van der Waals surface area contributed by atoms with E-state index in [1.54, 1.807) is 18.2 Å². The van der Waals surface area contributed by atoms with Gasteiger partial charge in [0.2, 0.25) is 5.91 Å². The molecule has 3 N–H and O–H groups in total. The number of ketones is 1. The topological polar surface area (TPSA) is 81.4 Å². The Morgan fingerprint density at radius 3 is 2.38 bits per heavy atom. The average Bonchev–Trinajstić information content (AvgIpc) is 2.57. The fourth-order valence-corrected chi connectivity index (χ4v) is 2.75. The molecule has 0 saturated heterocycles. The van der Waals surface area contributed by atoms with Crippen LogP contribution < -0.4 is 15.8 Å². The van der Waals surface area contributed by atoms with Crippen LogP contribution in [0.1, 0.15) is 49.9 Å². The molecule has 0 aliphatic carbocycles. The van der Waals surface area contributed by atoms with Crippen LogP contribution in [0.5, 0.6) is 5.75 Å². The number of Topliss-reactive ketones (excluding diaryl/α,β-unsaturated/α-hetero) is 1. The molecule has 0 aromatic heterocycles. The van der Waals surface area contributed by atoms with Crippen molar-refractivity contribution in [1.82, 2.24) is 5.32 Å². The van der Waals surface area contributed by atoms with Crippen molar-refractivity contribution >= 4 is 40.0 Å². The lowest BCUT2D eigenvalue weighted by atomic mass is 9.92. The summed E-state index contributed by atoms with van der Waals surface area (Å²) < 4.78 is 6.00. The van der Waals surface area contributed by atoms with Crippen molar-refractivity contribution in [2.45, 2.75) is 45.1 Å². The molecule has 0 saturated carbocycles. The summed E-state index contributed by atoms with van der Waals surface area (Å²) in [6.07, 6.45) is 1.79. The van der Waals surface area contributed by atoms with Crippen LogP contribution >= 0.6 is 28.3 Å². The lowest BCUT2D eigenvalue weighted by molar-refractivity contribution is -0.123. The number of methoxy groups -OCH3 is 1. The number of hydrogen-bond donors (Lipinski definition) is 2. The third-order valence-electron chi connectivity index (χ3n) is 4.19. The summed E-state index contributed by atoms with van der Waals surface area (Å²) in [4.78, 5) is 24.5. The Morgan fingerprint density at radius 2 is 1.88 bits per heavy atom. The fourth-order valence-electron chi connectivity index (χ4n) is 2.38. The maximum Gasteiger partial charge on any atom is 0.220 e. The van der Waals surface area contributed by atoms with Crippen molar-refractivity contribution in [2.24, 2.45) is 5.73 Å². The van der Waals surface area contributed by atoms with E-state index in [4.69, 9.17) is 10.5 Å². The molecule has 0 bridgehead atoms. The molecule has 1 aromatic rings. The molecular weight excluding hydrogens is 396 g/mol. The van der Waals surface area contributed by atoms with Gasteiger partial charge in [0, 0.05) is 23.9 Å². The van der Waals surface area contributed by atoms with Crippen molar-refractivity contribution in [3.8, 4) is 5.75 Å². The molecule has 136 valence electrons. The molecule has 7 heteroatoms. The molecule has 0 unspecified atom stereocenters. The van der Waals surface area contributed by atoms with Gasteiger partial charge < -0.3 is 15.8 Å². The average molecular weight is 422 g/mol. The minimum atomic E-state index is -0.381. The van der Waals surface area contributed by atoms with Crippen LogP contribution in [-0.2, 0) is 4.79 Å². The van der Waals surface area contributed by atoms with E-state index in [1.807, 2.05) is 13.8 Å². The van der Waals surface area contributed by atoms with Gasteiger partial charge in [-0.05, 0) is 31.0 Å². The normalized spacial score (nSPS) is 10.7. The predicted molar refractivity (Wildman–Crippen MR) is 102 cm³/mol. The van der Waals surface area contributed by atoms with Crippen molar-refractivity contribution in [2.75, 3.05) is 13.7 Å². The first-order valence-corrected chi connectivity index (χ1v) is 8.58. The predicted octanol–water partition coefficient (Wildman–Crippen LogP) is 3.48. The number of halogens is 2. The number of nitrogens with two attached hydrogens (primary N) is 1. The van der Waals surface area contributed by atoms with E-state index in [9.17, 15) is 9.59 Å². The summed E-state index contributed by atoms with van der Waals surface area (Å²) in [6, 6.07) is 5.24. The van der Waals surface area contributed by atoms with E-state index >= 15 is 0 Å². The summed E-state index contributed by atoms with van der Waals surface area (Å²) in [5.74, 6) is 0.239. The van der Waals surface area contributed by atoms with Crippen molar-refractivity contribution in [3.63, 3.8) is 0 Å². The zero-order chi connectivity index (χ0) is 17.5. The monoisotopic (exact) mass is 420 g/mol. The molecule has 1 amide bonds. The lowest BCUT2D eigenvalue weighted by Crippen LogP contribution is -2.52. The lowest BCUT2D eigenvalue weighted by Gasteiger charge is -2.31. The number of rotatable bonds is 9. The molecule has 0 heterocycles. The van der Waals surface area contributed by atoms with Gasteiger partial charge in [0.1, 0.15) is 5.75 Å². The molecule has 1 aromatic carbocycles. The SMILES string of the molecule is CCC(CC)(CN)NC(=O)CCC(=O)c1cc(Br)ccc1OC.Cl. The van der Waals surface area contributed by atoms with Crippen molar-refractivity contribution in [3.05, 3.63) is 28.2 Å². The van der Waals surface area contributed by atoms with E-state index in [1.165, 1.54) is 7.11 Å². The van der Waals surface area contributed by atoms with Gasteiger partial charge in [-0.3, -0.25) is 9.59 Å². The highest BCUT2D eigenvalue weighted by atomic mass is 79.9. The smallest absolute Gasteiger partial charge is 0.220 e. The number of carbonyl (C=O) groups excluding carboxylic acids is 2. The van der Waals surface area contributed by atoms with Crippen LogP contribution in [0.25, 0.3) is 0 Å². The first-order valence-electron chi connectivity index (χ1n) is 7.79. The molecule has 24 heavy (non-hydrogen) atoms. The highest BCUT2D eigenvalue weighted by Gasteiger charge is 2.26. The minimum Gasteiger partial charge on any atom is -0.496 e. The summed E-state index contributed by atoms with van der Waals surface area (Å²) in [5, 5.41) is 2.97. The zero-order valence-electron chi connectivity index (χ0n) is 14.4. The van der Waals surface area contributed by atoms with E-state index in [0.717, 1.165) is 17.3 Å². The van der Waals surface area contributed by atoms with Crippen molar-refractivity contribution in [1.29, 1.82) is 0 Å². The largest absolute Gasteiger partial charge is 0.496 e. The summed E-state index contributed by atoms with van der Waals surface area (Å²) in [7, 11) is 1.52. The maximum absolute atomic E-state index is 12.3. The van der Waals surface area contributed by atoms with Gasteiger partial charge in [-0.15, -0.1) is 12.4 Å². The van der Waals surface area contributed by atoms with Crippen molar-refractivity contribution < 1.29 is 14.3 Å². The fraction of sp³-hybridized carbons (Fsp3) is 0.529. The van der Waals surface area contributed by atoms with E-state index < -0.39 is 0 Å². The van der Waals surface area contributed by atoms with Gasteiger partial charge in [0.25, 0.3) is 0 Å². The third-order valence-corrected chi connectivity index (χ3v) is 4.68. The first-order chi connectivity index (χ1) is 10.9. The molecule has 0 radical (unpaired) electrons. The molecule has 0 aliphatic heterocycles. The molecular formula is C17H26BrClN2O3. The molecule has 0 spiro atoms. The summed E-state index contributed by atoms with van der Waals surface area (Å²) in [5.41, 5.74) is 5.87. The Morgan fingerprint density at radius 1 is 1.25 bits per heavy atom. The maximum atomic E-state index is 12.3. The van der Waals surface area contributed by atoms with Gasteiger partial charge in [-0.1, -0.05) is 29.8 Å². The quantitative estimate of drug-likeness (QED) is 0.598. The van der Waals surface area contributed by atoms with E-state index in [0.29, 0.717) is 17.9 Å². The van der Waals surface area contributed by atoms with Crippen LogP contribution in [0, 0.1) is 0 Å². The van der Waals surface area contributed by atoms with Gasteiger partial charge in [-0.25, -0.2) is 0 Å². The number of hydrogen-bond acceptors (Lipinski definition) is 4. The Labute approximate surface area is 158 Å². The highest BCUT2D eigenvalue weighted by Crippen LogP contribution is 2.24. The first kappa shape index (κ1) is 22.9. The number of amides is 1.